The molecule has 0 fully saturated rings. The van der Waals surface area contributed by atoms with Gasteiger partial charge in [0, 0.05) is 23.0 Å². The molecule has 0 saturated heterocycles. The zero-order valence-electron chi connectivity index (χ0n) is 11.5. The van der Waals surface area contributed by atoms with Crippen LogP contribution in [0, 0.1) is 0 Å². The molecule has 4 rings (SSSR count). The highest BCUT2D eigenvalue weighted by Crippen LogP contribution is 2.20. The summed E-state index contributed by atoms with van der Waals surface area (Å²) in [6.07, 6.45) is 1.75. The Kier molecular flexibility index (Phi) is 2.83. The molecule has 22 heavy (non-hydrogen) atoms. The van der Waals surface area contributed by atoms with Gasteiger partial charge >= 0.3 is 0 Å². The second-order valence-corrected chi connectivity index (χ2v) is 4.84. The maximum Gasteiger partial charge on any atom is 0.196 e. The van der Waals surface area contributed by atoms with Crippen LogP contribution in [0.2, 0.25) is 0 Å². The van der Waals surface area contributed by atoms with Crippen LogP contribution in [-0.2, 0) is 0 Å². The average molecular weight is 289 g/mol. The molecule has 106 valence electrons. The van der Waals surface area contributed by atoms with Gasteiger partial charge in [0.05, 0.1) is 5.52 Å². The van der Waals surface area contributed by atoms with Crippen molar-refractivity contribution in [3.8, 4) is 11.6 Å². The first-order valence-corrected chi connectivity index (χ1v) is 6.78. The molecule has 0 spiro atoms. The van der Waals surface area contributed by atoms with E-state index in [-0.39, 0.29) is 0 Å². The fraction of sp³-hybridized carbons (Fsp3) is 0. The lowest BCUT2D eigenvalue weighted by Gasteiger charge is -2.04. The van der Waals surface area contributed by atoms with E-state index in [2.05, 4.69) is 15.1 Å². The van der Waals surface area contributed by atoms with Crippen LogP contribution in [0.25, 0.3) is 33.5 Å². The summed E-state index contributed by atoms with van der Waals surface area (Å²) in [5.74, 6) is 0.909. The number of aromatic nitrogens is 2. The minimum absolute atomic E-state index is 0.425. The molecule has 0 amide bonds. The number of fused-ring (bicyclic) bond motifs is 2. The topological polar surface area (TPSA) is 71.5 Å². The van der Waals surface area contributed by atoms with Crippen molar-refractivity contribution in [2.24, 2.45) is 5.16 Å². The standard InChI is InChI=1S/C17H11N3O2/c21-20-14-9-16(22-15-8-4-2-6-12(14)15)17-18-10-11-5-1-3-7-13(11)19-17/h1-10,21H/b20-14-. The van der Waals surface area contributed by atoms with Gasteiger partial charge in [0.2, 0.25) is 0 Å². The Labute approximate surface area is 125 Å². The summed E-state index contributed by atoms with van der Waals surface area (Å²) in [5.41, 5.74) is 1.45. The van der Waals surface area contributed by atoms with E-state index in [4.69, 9.17) is 4.42 Å². The minimum Gasteiger partial charge on any atom is -0.453 e. The Balaban J connectivity index is 1.99. The maximum absolute atomic E-state index is 9.22. The molecule has 0 unspecified atom stereocenters. The Bertz CT molecular complexity index is 1050. The molecular formula is C17H11N3O2. The normalized spacial score (nSPS) is 12.1. The van der Waals surface area contributed by atoms with E-state index in [1.165, 1.54) is 0 Å². The SMILES string of the molecule is O/N=c1/cc(-c2ncc3ccccc3n2)oc2ccccc12. The predicted octanol–water partition coefficient (Wildman–Crippen LogP) is 3.33. The van der Waals surface area contributed by atoms with Crippen LogP contribution in [0.5, 0.6) is 0 Å². The molecule has 0 aliphatic rings. The Hall–Kier alpha value is -3.21. The highest BCUT2D eigenvalue weighted by Gasteiger charge is 2.09. The van der Waals surface area contributed by atoms with Crippen LogP contribution in [-0.4, -0.2) is 15.2 Å². The number of hydrogen-bond acceptors (Lipinski definition) is 5. The van der Waals surface area contributed by atoms with E-state index < -0.39 is 0 Å². The lowest BCUT2D eigenvalue weighted by atomic mass is 10.2. The molecule has 0 aliphatic heterocycles. The summed E-state index contributed by atoms with van der Waals surface area (Å²) in [6.45, 7) is 0. The van der Waals surface area contributed by atoms with Gasteiger partial charge < -0.3 is 9.62 Å². The third-order valence-corrected chi connectivity index (χ3v) is 3.47. The average Bonchev–Trinajstić information content (AvgIpc) is 2.60. The molecular weight excluding hydrogens is 278 g/mol. The molecule has 0 bridgehead atoms. The van der Waals surface area contributed by atoms with Gasteiger partial charge in [0.15, 0.2) is 11.6 Å². The van der Waals surface area contributed by atoms with E-state index >= 15 is 0 Å². The molecule has 0 atom stereocenters. The predicted molar refractivity (Wildman–Crippen MR) is 82.1 cm³/mol. The number of nitrogens with zero attached hydrogens (tertiary/aromatic N) is 3. The van der Waals surface area contributed by atoms with Crippen molar-refractivity contribution in [2.75, 3.05) is 0 Å². The molecule has 1 N–H and O–H groups in total. The lowest BCUT2D eigenvalue weighted by Crippen LogP contribution is -2.04. The molecule has 2 heterocycles. The fourth-order valence-electron chi connectivity index (χ4n) is 2.40. The van der Waals surface area contributed by atoms with Gasteiger partial charge in [-0.1, -0.05) is 35.5 Å². The van der Waals surface area contributed by atoms with Gasteiger partial charge in [0.25, 0.3) is 0 Å². The first-order valence-electron chi connectivity index (χ1n) is 6.78. The quantitative estimate of drug-likeness (QED) is 0.431. The van der Waals surface area contributed by atoms with Gasteiger partial charge in [-0.25, -0.2) is 9.97 Å². The van der Waals surface area contributed by atoms with Crippen LogP contribution in [0.3, 0.4) is 0 Å². The molecule has 0 saturated carbocycles. The Morgan fingerprint density at radius 2 is 1.82 bits per heavy atom. The second-order valence-electron chi connectivity index (χ2n) is 4.84. The van der Waals surface area contributed by atoms with Gasteiger partial charge in [0.1, 0.15) is 10.9 Å². The summed E-state index contributed by atoms with van der Waals surface area (Å²) in [6, 6.07) is 16.7. The largest absolute Gasteiger partial charge is 0.453 e. The van der Waals surface area contributed by atoms with Crippen LogP contribution >= 0.6 is 0 Å². The van der Waals surface area contributed by atoms with E-state index in [1.807, 2.05) is 48.5 Å². The zero-order valence-corrected chi connectivity index (χ0v) is 11.5. The van der Waals surface area contributed by atoms with Crippen molar-refractivity contribution >= 4 is 21.9 Å². The molecule has 5 heteroatoms. The Morgan fingerprint density at radius 3 is 2.73 bits per heavy atom. The molecule has 4 aromatic rings. The Morgan fingerprint density at radius 1 is 1.00 bits per heavy atom. The first kappa shape index (κ1) is 12.5. The van der Waals surface area contributed by atoms with Gasteiger partial charge in [-0.15, -0.1) is 0 Å². The number of benzene rings is 2. The smallest absolute Gasteiger partial charge is 0.196 e. The van der Waals surface area contributed by atoms with E-state index in [0.717, 1.165) is 16.3 Å². The van der Waals surface area contributed by atoms with E-state index in [1.54, 1.807) is 12.3 Å². The summed E-state index contributed by atoms with van der Waals surface area (Å²) < 4.78 is 5.84. The molecule has 5 nitrogen and oxygen atoms in total. The van der Waals surface area contributed by atoms with E-state index in [9.17, 15) is 5.21 Å². The van der Waals surface area contributed by atoms with Crippen molar-refractivity contribution in [1.29, 1.82) is 0 Å². The van der Waals surface area contributed by atoms with Crippen LogP contribution in [0.15, 0.2) is 70.4 Å². The van der Waals surface area contributed by atoms with Gasteiger partial charge in [-0.3, -0.25) is 0 Å². The minimum atomic E-state index is 0.425. The summed E-state index contributed by atoms with van der Waals surface area (Å²) in [7, 11) is 0. The van der Waals surface area contributed by atoms with Crippen molar-refractivity contribution < 1.29 is 9.62 Å². The highest BCUT2D eigenvalue weighted by atomic mass is 16.4. The third kappa shape index (κ3) is 2.00. The van der Waals surface area contributed by atoms with Gasteiger partial charge in [-0.05, 0) is 18.2 Å². The summed E-state index contributed by atoms with van der Waals surface area (Å²) in [5, 5.41) is 14.7. The van der Waals surface area contributed by atoms with Crippen molar-refractivity contribution in [3.63, 3.8) is 0 Å². The number of hydrogen-bond donors (Lipinski definition) is 1. The fourth-order valence-corrected chi connectivity index (χ4v) is 2.40. The lowest BCUT2D eigenvalue weighted by molar-refractivity contribution is 0.302. The van der Waals surface area contributed by atoms with Crippen molar-refractivity contribution in [1.82, 2.24) is 9.97 Å². The molecule has 2 aromatic carbocycles. The summed E-state index contributed by atoms with van der Waals surface area (Å²) in [4.78, 5) is 8.83. The van der Waals surface area contributed by atoms with E-state index in [0.29, 0.717) is 22.5 Å². The number of rotatable bonds is 1. The summed E-state index contributed by atoms with van der Waals surface area (Å²) >= 11 is 0. The van der Waals surface area contributed by atoms with Crippen LogP contribution in [0.4, 0.5) is 0 Å². The second kappa shape index (κ2) is 4.96. The zero-order chi connectivity index (χ0) is 14.9. The third-order valence-electron chi connectivity index (χ3n) is 3.47. The van der Waals surface area contributed by atoms with Crippen molar-refractivity contribution in [2.45, 2.75) is 0 Å². The van der Waals surface area contributed by atoms with Gasteiger partial charge in [-0.2, -0.15) is 0 Å². The van der Waals surface area contributed by atoms with Crippen LogP contribution < -0.4 is 5.36 Å². The number of para-hydroxylation sites is 2. The van der Waals surface area contributed by atoms with Crippen molar-refractivity contribution in [3.05, 3.63) is 66.2 Å². The molecule has 2 aromatic heterocycles. The highest BCUT2D eigenvalue weighted by molar-refractivity contribution is 5.80. The maximum atomic E-state index is 9.22. The van der Waals surface area contributed by atoms with Crippen LogP contribution in [0.1, 0.15) is 0 Å². The molecule has 0 aliphatic carbocycles. The molecule has 0 radical (unpaired) electrons. The monoisotopic (exact) mass is 289 g/mol. The first-order chi connectivity index (χ1) is 10.8.